The molecule has 0 aromatic carbocycles. The minimum Gasteiger partial charge on any atom is -0.369 e. The second-order valence-electron chi connectivity index (χ2n) is 4.04. The summed E-state index contributed by atoms with van der Waals surface area (Å²) in [5.74, 6) is -1.17. The molecule has 2 amide bonds. The van der Waals surface area contributed by atoms with Crippen molar-refractivity contribution < 1.29 is 9.59 Å². The minimum absolute atomic E-state index is 0.104. The number of nitrogens with two attached hydrogens (primary N) is 2. The molecule has 0 saturated heterocycles. The zero-order chi connectivity index (χ0) is 13.2. The van der Waals surface area contributed by atoms with Gasteiger partial charge in [-0.3, -0.25) is 9.59 Å². The first-order chi connectivity index (χ1) is 8.56. The Morgan fingerprint density at radius 1 is 1.33 bits per heavy atom. The van der Waals surface area contributed by atoms with Crippen LogP contribution < -0.4 is 11.5 Å². The van der Waals surface area contributed by atoms with Crippen molar-refractivity contribution in [1.82, 2.24) is 10.2 Å². The topological polar surface area (TPSA) is 112 Å². The van der Waals surface area contributed by atoms with Crippen molar-refractivity contribution in [1.29, 1.82) is 0 Å². The molecule has 0 aliphatic heterocycles. The summed E-state index contributed by atoms with van der Waals surface area (Å²) < 4.78 is 0. The number of carbonyl (C=O) groups excluding carboxylic acids is 2. The lowest BCUT2D eigenvalue weighted by Gasteiger charge is -2.28. The number of hydrogen-bond acceptors (Lipinski definition) is 4. The second kappa shape index (κ2) is 4.40. The molecule has 1 aromatic heterocycles. The van der Waals surface area contributed by atoms with Crippen LogP contribution in [0.2, 0.25) is 0 Å². The Kier molecular flexibility index (Phi) is 2.93. The van der Waals surface area contributed by atoms with E-state index in [2.05, 4.69) is 10.2 Å². The van der Waals surface area contributed by atoms with Gasteiger partial charge in [0.05, 0.1) is 5.69 Å². The van der Waals surface area contributed by atoms with Gasteiger partial charge in [0, 0.05) is 18.2 Å². The summed E-state index contributed by atoms with van der Waals surface area (Å²) in [4.78, 5) is 23.0. The van der Waals surface area contributed by atoms with Crippen LogP contribution in [-0.4, -0.2) is 22.0 Å². The van der Waals surface area contributed by atoms with Crippen LogP contribution in [0.25, 0.3) is 0 Å². The van der Waals surface area contributed by atoms with Crippen molar-refractivity contribution in [3.63, 3.8) is 0 Å². The Labute approximate surface area is 103 Å². The smallest absolute Gasteiger partial charge is 0.244 e. The van der Waals surface area contributed by atoms with Crippen molar-refractivity contribution in [2.45, 2.75) is 11.8 Å². The maximum absolute atomic E-state index is 11.8. The highest BCUT2D eigenvalue weighted by atomic mass is 16.1. The molecule has 1 aromatic rings. The monoisotopic (exact) mass is 244 g/mol. The predicted molar refractivity (Wildman–Crippen MR) is 63.9 cm³/mol. The molecule has 2 rings (SSSR count). The lowest BCUT2D eigenvalue weighted by atomic mass is 9.74. The zero-order valence-corrected chi connectivity index (χ0v) is 9.54. The molecule has 18 heavy (non-hydrogen) atoms. The Hall–Kier alpha value is -2.50. The lowest BCUT2D eigenvalue weighted by molar-refractivity contribution is -0.122. The van der Waals surface area contributed by atoms with Gasteiger partial charge < -0.3 is 11.5 Å². The molecule has 1 aliphatic carbocycles. The molecule has 1 heterocycles. The number of rotatable bonds is 3. The highest BCUT2D eigenvalue weighted by Crippen LogP contribution is 2.33. The lowest BCUT2D eigenvalue weighted by Crippen LogP contribution is -2.42. The van der Waals surface area contributed by atoms with Gasteiger partial charge >= 0.3 is 0 Å². The fourth-order valence-corrected chi connectivity index (χ4v) is 1.93. The molecule has 1 unspecified atom stereocenters. The summed E-state index contributed by atoms with van der Waals surface area (Å²) in [6.45, 7) is 0. The molecular formula is C12H12N4O2. The maximum Gasteiger partial charge on any atom is 0.244 e. The summed E-state index contributed by atoms with van der Waals surface area (Å²) in [5, 5.41) is 7.64. The third kappa shape index (κ3) is 1.88. The van der Waals surface area contributed by atoms with Gasteiger partial charge in [0.1, 0.15) is 5.41 Å². The number of carbonyl (C=O) groups is 2. The number of hydrogen-bond donors (Lipinski definition) is 2. The molecule has 0 radical (unpaired) electrons. The fraction of sp³-hybridized carbons (Fsp3) is 0.167. The van der Waals surface area contributed by atoms with E-state index in [1.165, 1.54) is 6.20 Å². The molecular weight excluding hydrogens is 232 g/mol. The van der Waals surface area contributed by atoms with Crippen LogP contribution in [0.3, 0.4) is 0 Å². The van der Waals surface area contributed by atoms with E-state index >= 15 is 0 Å². The third-order valence-electron chi connectivity index (χ3n) is 2.93. The van der Waals surface area contributed by atoms with Crippen molar-refractivity contribution in [2.24, 2.45) is 11.5 Å². The van der Waals surface area contributed by atoms with Crippen LogP contribution in [0, 0.1) is 0 Å². The minimum atomic E-state index is -1.16. The van der Waals surface area contributed by atoms with E-state index in [1.807, 2.05) is 0 Å². The quantitative estimate of drug-likeness (QED) is 0.751. The highest BCUT2D eigenvalue weighted by molar-refractivity contribution is 5.97. The molecule has 0 saturated carbocycles. The van der Waals surface area contributed by atoms with Gasteiger partial charge in [0.25, 0.3) is 0 Å². The molecule has 6 heteroatoms. The average Bonchev–Trinajstić information content (AvgIpc) is 2.39. The van der Waals surface area contributed by atoms with E-state index in [0.717, 1.165) is 0 Å². The summed E-state index contributed by atoms with van der Waals surface area (Å²) in [6.07, 6.45) is 6.37. The fourth-order valence-electron chi connectivity index (χ4n) is 1.93. The number of allylic oxidation sites excluding steroid dienone is 2. The van der Waals surface area contributed by atoms with E-state index in [0.29, 0.717) is 11.3 Å². The summed E-state index contributed by atoms with van der Waals surface area (Å²) in [7, 11) is 0. The van der Waals surface area contributed by atoms with E-state index < -0.39 is 17.2 Å². The van der Waals surface area contributed by atoms with Gasteiger partial charge in [0.15, 0.2) is 0 Å². The maximum atomic E-state index is 11.8. The Morgan fingerprint density at radius 3 is 2.67 bits per heavy atom. The normalized spacial score (nSPS) is 22.3. The number of primary amides is 2. The van der Waals surface area contributed by atoms with Crippen molar-refractivity contribution in [3.05, 3.63) is 47.8 Å². The number of nitrogens with zero attached hydrogens (tertiary/aromatic N) is 2. The van der Waals surface area contributed by atoms with E-state index in [4.69, 9.17) is 11.5 Å². The standard InChI is InChI=1S/C12H12N4O2/c13-10(17)8-3-1-5-12(7-8,11(14)18)9-4-2-6-15-16-9/h1-6H,7H2,(H2,13,17)(H2,14,18). The molecule has 6 nitrogen and oxygen atoms in total. The highest BCUT2D eigenvalue weighted by Gasteiger charge is 2.40. The summed E-state index contributed by atoms with van der Waals surface area (Å²) >= 11 is 0. The van der Waals surface area contributed by atoms with Crippen LogP contribution in [0.15, 0.2) is 42.1 Å². The molecule has 1 aliphatic rings. The van der Waals surface area contributed by atoms with Crippen molar-refractivity contribution in [3.8, 4) is 0 Å². The number of amides is 2. The molecule has 4 N–H and O–H groups in total. The van der Waals surface area contributed by atoms with Gasteiger partial charge in [-0.15, -0.1) is 0 Å². The average molecular weight is 244 g/mol. The zero-order valence-electron chi connectivity index (χ0n) is 9.54. The van der Waals surface area contributed by atoms with Gasteiger partial charge in [0.2, 0.25) is 11.8 Å². The van der Waals surface area contributed by atoms with Crippen LogP contribution in [-0.2, 0) is 15.0 Å². The van der Waals surface area contributed by atoms with Crippen molar-refractivity contribution >= 4 is 11.8 Å². The van der Waals surface area contributed by atoms with E-state index in [-0.39, 0.29) is 6.42 Å². The largest absolute Gasteiger partial charge is 0.369 e. The second-order valence-corrected chi connectivity index (χ2v) is 4.04. The Bertz CT molecular complexity index is 550. The van der Waals surface area contributed by atoms with Crippen LogP contribution in [0.1, 0.15) is 12.1 Å². The molecule has 0 spiro atoms. The molecule has 0 bridgehead atoms. The molecule has 1 atom stereocenters. The Balaban J connectivity index is 2.49. The van der Waals surface area contributed by atoms with Crippen molar-refractivity contribution in [2.75, 3.05) is 0 Å². The van der Waals surface area contributed by atoms with Crippen LogP contribution >= 0.6 is 0 Å². The van der Waals surface area contributed by atoms with Crippen LogP contribution in [0.5, 0.6) is 0 Å². The van der Waals surface area contributed by atoms with Gasteiger partial charge in [-0.05, 0) is 12.1 Å². The molecule has 92 valence electrons. The van der Waals surface area contributed by atoms with Gasteiger partial charge in [-0.25, -0.2) is 0 Å². The number of aromatic nitrogens is 2. The van der Waals surface area contributed by atoms with E-state index in [9.17, 15) is 9.59 Å². The van der Waals surface area contributed by atoms with E-state index in [1.54, 1.807) is 30.4 Å². The SMILES string of the molecule is NC(=O)C1=CC=CC(C(N)=O)(c2cccnn2)C1. The first-order valence-electron chi connectivity index (χ1n) is 5.32. The Morgan fingerprint density at radius 2 is 2.11 bits per heavy atom. The summed E-state index contributed by atoms with van der Waals surface area (Å²) in [5.41, 5.74) is 10.3. The first kappa shape index (κ1) is 12.0. The predicted octanol–water partition coefficient (Wildman–Crippen LogP) is -0.429. The van der Waals surface area contributed by atoms with Crippen LogP contribution in [0.4, 0.5) is 0 Å². The molecule has 0 fully saturated rings. The van der Waals surface area contributed by atoms with Gasteiger partial charge in [-0.2, -0.15) is 10.2 Å². The third-order valence-corrected chi connectivity index (χ3v) is 2.93. The summed E-state index contributed by atoms with van der Waals surface area (Å²) in [6, 6.07) is 3.30. The first-order valence-corrected chi connectivity index (χ1v) is 5.32. The van der Waals surface area contributed by atoms with Gasteiger partial charge in [-0.1, -0.05) is 18.2 Å².